The lowest BCUT2D eigenvalue weighted by Crippen LogP contribution is -2.35. The summed E-state index contributed by atoms with van der Waals surface area (Å²) in [6.45, 7) is -1.03. The lowest BCUT2D eigenvalue weighted by Gasteiger charge is -2.19. The summed E-state index contributed by atoms with van der Waals surface area (Å²) in [5.41, 5.74) is -0.483. The molecule has 0 radical (unpaired) electrons. The van der Waals surface area contributed by atoms with Crippen molar-refractivity contribution >= 4 is 34.2 Å². The van der Waals surface area contributed by atoms with Crippen molar-refractivity contribution in [3.63, 3.8) is 0 Å². The molecular weight excluding hydrogens is 525 g/mol. The molecule has 6 atom stereocenters. The lowest BCUT2D eigenvalue weighted by atomic mass is 10.1. The molecule has 2 aromatic rings. The molecule has 0 saturated carbocycles. The molecule has 186 valence electrons. The van der Waals surface area contributed by atoms with Crippen LogP contribution in [0.25, 0.3) is 10.8 Å². The number of phosphoric ester groups is 1. The summed E-state index contributed by atoms with van der Waals surface area (Å²) in [7, 11) is -16.8. The molecule has 1 saturated heterocycles. The molecule has 19 heteroatoms. The quantitative estimate of drug-likeness (QED) is 0.237. The molecule has 16 nitrogen and oxygen atoms in total. The zero-order valence-electron chi connectivity index (χ0n) is 16.6. The van der Waals surface area contributed by atoms with Gasteiger partial charge in [-0.05, 0) is 23.6 Å². The zero-order chi connectivity index (χ0) is 25.5. The molecule has 34 heavy (non-hydrogen) atoms. The fraction of sp³-hybridized carbons (Fsp3) is 0.333. The maximum Gasteiger partial charge on any atom is 0.490 e. The highest BCUT2D eigenvalue weighted by Gasteiger charge is 2.46. The number of aliphatic hydroxyl groups is 2. The minimum Gasteiger partial charge on any atom is -0.387 e. The van der Waals surface area contributed by atoms with Crippen molar-refractivity contribution in [3.8, 4) is 6.07 Å². The van der Waals surface area contributed by atoms with E-state index in [4.69, 9.17) is 24.7 Å². The van der Waals surface area contributed by atoms with Crippen LogP contribution < -0.4 is 5.56 Å². The molecule has 6 N–H and O–H groups in total. The molecule has 1 aliphatic heterocycles. The third-order valence-corrected chi connectivity index (χ3v) is 8.29. The van der Waals surface area contributed by atoms with E-state index in [0.717, 1.165) is 4.57 Å². The van der Waals surface area contributed by atoms with Crippen LogP contribution in [-0.2, 0) is 31.6 Å². The minimum absolute atomic E-state index is 0.114. The second kappa shape index (κ2) is 9.69. The molecule has 0 aliphatic carbocycles. The number of nitrogens with zero attached hydrogens (tertiary/aromatic N) is 2. The number of pyridine rings is 1. The van der Waals surface area contributed by atoms with Crippen LogP contribution in [0.1, 0.15) is 11.8 Å². The Labute approximate surface area is 189 Å². The molecule has 2 unspecified atom stereocenters. The molecule has 0 amide bonds. The van der Waals surface area contributed by atoms with Gasteiger partial charge >= 0.3 is 23.5 Å². The van der Waals surface area contributed by atoms with E-state index in [0.29, 0.717) is 5.39 Å². The van der Waals surface area contributed by atoms with Crippen molar-refractivity contribution < 1.29 is 61.4 Å². The monoisotopic (exact) mass is 542 g/mol. The maximum atomic E-state index is 12.8. The van der Waals surface area contributed by atoms with Gasteiger partial charge in [-0.3, -0.25) is 13.9 Å². The number of phosphoric acid groups is 3. The van der Waals surface area contributed by atoms with Gasteiger partial charge in [-0.15, -0.1) is 0 Å². The highest BCUT2D eigenvalue weighted by Crippen LogP contribution is 2.66. The Morgan fingerprint density at radius 2 is 1.71 bits per heavy atom. The Morgan fingerprint density at radius 1 is 1.03 bits per heavy atom. The predicted octanol–water partition coefficient (Wildman–Crippen LogP) is -0.164. The van der Waals surface area contributed by atoms with Crippen LogP contribution in [0.15, 0.2) is 35.3 Å². The molecule has 0 spiro atoms. The second-order valence-corrected chi connectivity index (χ2v) is 11.3. The third kappa shape index (κ3) is 6.25. The van der Waals surface area contributed by atoms with Gasteiger partial charge in [0.2, 0.25) is 0 Å². The summed E-state index contributed by atoms with van der Waals surface area (Å²) in [5.74, 6) is 0. The van der Waals surface area contributed by atoms with E-state index in [1.165, 1.54) is 30.5 Å². The van der Waals surface area contributed by atoms with E-state index in [9.17, 15) is 33.6 Å². The molecular formula is C15H17N2O14P3. The number of nitriles is 1. The van der Waals surface area contributed by atoms with Crippen molar-refractivity contribution in [2.45, 2.75) is 24.5 Å². The topological polar surface area (TPSA) is 255 Å². The first-order valence-electron chi connectivity index (χ1n) is 8.97. The largest absolute Gasteiger partial charge is 0.490 e. The normalized spacial score (nSPS) is 26.6. The summed E-state index contributed by atoms with van der Waals surface area (Å²) >= 11 is 0. The maximum absolute atomic E-state index is 12.8. The van der Waals surface area contributed by atoms with Gasteiger partial charge in [0.05, 0.1) is 18.2 Å². The molecule has 1 aromatic heterocycles. The highest BCUT2D eigenvalue weighted by molar-refractivity contribution is 7.66. The third-order valence-electron chi connectivity index (χ3n) is 4.49. The lowest BCUT2D eigenvalue weighted by molar-refractivity contribution is -0.0533. The Balaban J connectivity index is 1.76. The van der Waals surface area contributed by atoms with E-state index < -0.39 is 60.2 Å². The summed E-state index contributed by atoms with van der Waals surface area (Å²) in [5, 5.41) is 30.2. The van der Waals surface area contributed by atoms with Crippen molar-refractivity contribution in [2.24, 2.45) is 0 Å². The molecule has 1 fully saturated rings. The van der Waals surface area contributed by atoms with Gasteiger partial charge in [0.15, 0.2) is 6.23 Å². The van der Waals surface area contributed by atoms with E-state index >= 15 is 0 Å². The Kier molecular flexibility index (Phi) is 7.64. The summed E-state index contributed by atoms with van der Waals surface area (Å²) in [4.78, 5) is 48.5. The van der Waals surface area contributed by atoms with Crippen molar-refractivity contribution in [3.05, 3.63) is 46.4 Å². The molecule has 2 heterocycles. The number of benzene rings is 1. The van der Waals surface area contributed by atoms with E-state index in [-0.39, 0.29) is 10.9 Å². The van der Waals surface area contributed by atoms with Gasteiger partial charge in [0.1, 0.15) is 18.3 Å². The van der Waals surface area contributed by atoms with Gasteiger partial charge < -0.3 is 34.5 Å². The first-order chi connectivity index (χ1) is 15.6. The van der Waals surface area contributed by atoms with Gasteiger partial charge in [-0.2, -0.15) is 13.9 Å². The number of aliphatic hydroxyl groups excluding tert-OH is 2. The molecule has 1 aromatic carbocycles. The van der Waals surface area contributed by atoms with Gasteiger partial charge in [0, 0.05) is 11.6 Å². The fourth-order valence-electron chi connectivity index (χ4n) is 3.09. The number of rotatable bonds is 8. The van der Waals surface area contributed by atoms with Crippen molar-refractivity contribution in [2.75, 3.05) is 6.61 Å². The average Bonchev–Trinajstić information content (AvgIpc) is 2.98. The highest BCUT2D eigenvalue weighted by atomic mass is 31.3. The van der Waals surface area contributed by atoms with Crippen molar-refractivity contribution in [1.82, 2.24) is 4.57 Å². The first-order valence-corrected chi connectivity index (χ1v) is 13.5. The summed E-state index contributed by atoms with van der Waals surface area (Å²) < 4.78 is 51.7. The van der Waals surface area contributed by atoms with E-state index in [1.807, 2.05) is 6.07 Å². The number of hydrogen-bond donors (Lipinski definition) is 6. The van der Waals surface area contributed by atoms with Crippen LogP contribution >= 0.6 is 23.5 Å². The van der Waals surface area contributed by atoms with Crippen LogP contribution in [0.3, 0.4) is 0 Å². The minimum atomic E-state index is -5.74. The molecule has 3 rings (SSSR count). The van der Waals surface area contributed by atoms with Crippen LogP contribution in [0.5, 0.6) is 0 Å². The smallest absolute Gasteiger partial charge is 0.387 e. The Bertz CT molecular complexity index is 1330. The summed E-state index contributed by atoms with van der Waals surface area (Å²) in [6.07, 6.45) is -5.30. The number of fused-ring (bicyclic) bond motifs is 1. The van der Waals surface area contributed by atoms with E-state index in [1.54, 1.807) is 0 Å². The van der Waals surface area contributed by atoms with Gasteiger partial charge in [-0.25, -0.2) is 13.7 Å². The average molecular weight is 542 g/mol. The number of hydrogen-bond acceptors (Lipinski definition) is 11. The van der Waals surface area contributed by atoms with Crippen molar-refractivity contribution in [1.29, 1.82) is 5.26 Å². The second-order valence-electron chi connectivity index (χ2n) is 6.88. The zero-order valence-corrected chi connectivity index (χ0v) is 19.3. The Hall–Kier alpha value is -1.79. The molecule has 0 bridgehead atoms. The number of ether oxygens (including phenoxy) is 1. The standard InChI is InChI=1S/C15H17N2O14P3/c16-6-8-1-2-9-3-4-17(14(20)10(9)5-8)15-13(19)12(18)11(29-15)7-28-33(24,25)31-34(26,27)30-32(21,22)23/h1-5,11-13,15,18-19H,7H2,(H,24,25)(H,26,27)(H2,21,22,23)/t11-,12-,13-,15-/m1/s1. The predicted molar refractivity (Wildman–Crippen MR) is 109 cm³/mol. The molecule has 1 aliphatic rings. The number of aromatic nitrogens is 1. The van der Waals surface area contributed by atoms with Crippen LogP contribution in [-0.4, -0.2) is 59.3 Å². The van der Waals surface area contributed by atoms with Gasteiger partial charge in [0.25, 0.3) is 5.56 Å². The van der Waals surface area contributed by atoms with Gasteiger partial charge in [-0.1, -0.05) is 6.07 Å². The van der Waals surface area contributed by atoms with Crippen LogP contribution in [0, 0.1) is 11.3 Å². The van der Waals surface area contributed by atoms with Crippen LogP contribution in [0.2, 0.25) is 0 Å². The Morgan fingerprint density at radius 3 is 2.32 bits per heavy atom. The summed E-state index contributed by atoms with van der Waals surface area (Å²) in [6, 6.07) is 7.71. The van der Waals surface area contributed by atoms with E-state index in [2.05, 4.69) is 13.1 Å². The van der Waals surface area contributed by atoms with Crippen LogP contribution in [0.4, 0.5) is 0 Å². The first kappa shape index (κ1) is 26.8. The SMILES string of the molecule is N#Cc1ccc2ccn([C@@H]3O[C@H](COP(=O)(O)OP(=O)(O)OP(=O)(O)O)[C@@H](O)[C@H]3O)c(=O)c2c1. The fourth-order valence-corrected chi connectivity index (χ4v) is 6.12.